The molecule has 0 unspecified atom stereocenters. The third kappa shape index (κ3) is 5.06. The van der Waals surface area contributed by atoms with Gasteiger partial charge in [0.15, 0.2) is 0 Å². The Morgan fingerprint density at radius 3 is 2.61 bits per heavy atom. The van der Waals surface area contributed by atoms with Crippen LogP contribution in [-0.4, -0.2) is 42.0 Å². The zero-order chi connectivity index (χ0) is 16.5. The molecule has 7 heteroatoms. The lowest BCUT2D eigenvalue weighted by Gasteiger charge is -2.07. The first kappa shape index (κ1) is 16.4. The average Bonchev–Trinajstić information content (AvgIpc) is 2.61. The molecule has 2 rings (SSSR count). The van der Waals surface area contributed by atoms with Crippen LogP contribution in [0.5, 0.6) is 5.75 Å². The largest absolute Gasteiger partial charge is 0.497 e. The van der Waals surface area contributed by atoms with Crippen LogP contribution in [0.25, 0.3) is 0 Å². The maximum Gasteiger partial charge on any atom is 0.271 e. The van der Waals surface area contributed by atoms with E-state index in [1.54, 1.807) is 31.4 Å². The van der Waals surface area contributed by atoms with Crippen molar-refractivity contribution in [2.45, 2.75) is 6.42 Å². The molecule has 2 N–H and O–H groups in total. The second kappa shape index (κ2) is 8.47. The van der Waals surface area contributed by atoms with Gasteiger partial charge in [-0.25, -0.2) is 4.98 Å². The van der Waals surface area contributed by atoms with Crippen molar-refractivity contribution in [3.8, 4) is 5.75 Å². The number of carbonyl (C=O) groups excluding carboxylic acids is 2. The summed E-state index contributed by atoms with van der Waals surface area (Å²) in [5.74, 6) is 0.176. The molecule has 0 atom stereocenters. The lowest BCUT2D eigenvalue weighted by atomic mass is 10.2. The highest BCUT2D eigenvalue weighted by molar-refractivity contribution is 5.94. The van der Waals surface area contributed by atoms with E-state index in [0.29, 0.717) is 30.8 Å². The Balaban J connectivity index is 1.69. The summed E-state index contributed by atoms with van der Waals surface area (Å²) in [4.78, 5) is 31.4. The van der Waals surface area contributed by atoms with Gasteiger partial charge in [0.25, 0.3) is 11.8 Å². The predicted molar refractivity (Wildman–Crippen MR) is 84.3 cm³/mol. The predicted octanol–water partition coefficient (Wildman–Crippen LogP) is 1.04. The standard InChI is InChI=1S/C16H18N4O3/c1-23-13-5-2-4-12(10-13)15(21)19-6-3-7-20-16(22)14-11-17-8-9-18-14/h2,4-5,8-11H,3,6-7H2,1H3,(H,19,21)(H,20,22). The van der Waals surface area contributed by atoms with Gasteiger partial charge >= 0.3 is 0 Å². The van der Waals surface area contributed by atoms with Gasteiger partial charge < -0.3 is 15.4 Å². The molecule has 0 fully saturated rings. The Hall–Kier alpha value is -2.96. The van der Waals surface area contributed by atoms with E-state index in [4.69, 9.17) is 4.74 Å². The van der Waals surface area contributed by atoms with E-state index in [0.717, 1.165) is 0 Å². The van der Waals surface area contributed by atoms with E-state index in [9.17, 15) is 9.59 Å². The van der Waals surface area contributed by atoms with Gasteiger partial charge in [-0.1, -0.05) is 6.07 Å². The maximum absolute atomic E-state index is 12.0. The van der Waals surface area contributed by atoms with Gasteiger partial charge in [0.2, 0.25) is 0 Å². The van der Waals surface area contributed by atoms with E-state index in [1.807, 2.05) is 0 Å². The summed E-state index contributed by atoms with van der Waals surface area (Å²) in [7, 11) is 1.55. The molecular weight excluding hydrogens is 296 g/mol. The number of aromatic nitrogens is 2. The van der Waals surface area contributed by atoms with Crippen LogP contribution in [0.15, 0.2) is 42.9 Å². The van der Waals surface area contributed by atoms with Crippen molar-refractivity contribution in [1.29, 1.82) is 0 Å². The quantitative estimate of drug-likeness (QED) is 0.745. The van der Waals surface area contributed by atoms with Gasteiger partial charge in [0, 0.05) is 31.0 Å². The maximum atomic E-state index is 12.0. The summed E-state index contributed by atoms with van der Waals surface area (Å²) >= 11 is 0. The van der Waals surface area contributed by atoms with E-state index in [1.165, 1.54) is 18.6 Å². The minimum absolute atomic E-state index is 0.177. The summed E-state index contributed by atoms with van der Waals surface area (Å²) in [6.45, 7) is 0.893. The summed E-state index contributed by atoms with van der Waals surface area (Å²) in [6, 6.07) is 6.92. The van der Waals surface area contributed by atoms with Crippen LogP contribution in [0.3, 0.4) is 0 Å². The van der Waals surface area contributed by atoms with Gasteiger partial charge in [-0.05, 0) is 24.6 Å². The Bertz CT molecular complexity index is 661. The van der Waals surface area contributed by atoms with Crippen molar-refractivity contribution in [3.05, 3.63) is 54.1 Å². The molecule has 0 aliphatic heterocycles. The number of ether oxygens (including phenoxy) is 1. The molecule has 0 radical (unpaired) electrons. The minimum atomic E-state index is -0.280. The van der Waals surface area contributed by atoms with Crippen LogP contribution in [0.2, 0.25) is 0 Å². The number of methoxy groups -OCH3 is 1. The van der Waals surface area contributed by atoms with Crippen LogP contribution in [0, 0.1) is 0 Å². The normalized spacial score (nSPS) is 9.96. The molecule has 2 aromatic rings. The van der Waals surface area contributed by atoms with Crippen molar-refractivity contribution in [1.82, 2.24) is 20.6 Å². The number of nitrogens with zero attached hydrogens (tertiary/aromatic N) is 2. The Morgan fingerprint density at radius 1 is 1.13 bits per heavy atom. The molecule has 7 nitrogen and oxygen atoms in total. The first-order valence-corrected chi connectivity index (χ1v) is 7.17. The molecule has 120 valence electrons. The third-order valence-electron chi connectivity index (χ3n) is 3.05. The Labute approximate surface area is 134 Å². The summed E-state index contributed by atoms with van der Waals surface area (Å²) < 4.78 is 5.08. The highest BCUT2D eigenvalue weighted by Crippen LogP contribution is 2.12. The highest BCUT2D eigenvalue weighted by Gasteiger charge is 2.07. The third-order valence-corrected chi connectivity index (χ3v) is 3.05. The second-order valence-electron chi connectivity index (χ2n) is 4.69. The fourth-order valence-electron chi connectivity index (χ4n) is 1.87. The van der Waals surface area contributed by atoms with Crippen molar-refractivity contribution in [2.24, 2.45) is 0 Å². The van der Waals surface area contributed by atoms with E-state index >= 15 is 0 Å². The smallest absolute Gasteiger partial charge is 0.271 e. The first-order chi connectivity index (χ1) is 11.2. The van der Waals surface area contributed by atoms with Crippen LogP contribution in [-0.2, 0) is 0 Å². The highest BCUT2D eigenvalue weighted by atomic mass is 16.5. The second-order valence-corrected chi connectivity index (χ2v) is 4.69. The number of carbonyl (C=O) groups is 2. The van der Waals surface area contributed by atoms with E-state index < -0.39 is 0 Å². The van der Waals surface area contributed by atoms with Gasteiger partial charge in [-0.2, -0.15) is 0 Å². The van der Waals surface area contributed by atoms with Crippen molar-refractivity contribution >= 4 is 11.8 Å². The van der Waals surface area contributed by atoms with Crippen molar-refractivity contribution < 1.29 is 14.3 Å². The van der Waals surface area contributed by atoms with Crippen LogP contribution >= 0.6 is 0 Å². The summed E-state index contributed by atoms with van der Waals surface area (Å²) in [6.07, 6.45) is 4.98. The molecule has 0 spiro atoms. The van der Waals surface area contributed by atoms with Gasteiger partial charge in [0.1, 0.15) is 11.4 Å². The zero-order valence-corrected chi connectivity index (χ0v) is 12.8. The minimum Gasteiger partial charge on any atom is -0.497 e. The number of hydrogen-bond donors (Lipinski definition) is 2. The number of nitrogens with one attached hydrogen (secondary N) is 2. The number of benzene rings is 1. The molecule has 0 saturated heterocycles. The average molecular weight is 314 g/mol. The number of amides is 2. The molecule has 0 saturated carbocycles. The van der Waals surface area contributed by atoms with E-state index in [2.05, 4.69) is 20.6 Å². The van der Waals surface area contributed by atoms with Crippen LogP contribution in [0.4, 0.5) is 0 Å². The molecule has 0 aliphatic carbocycles. The van der Waals surface area contributed by atoms with Crippen LogP contribution < -0.4 is 15.4 Å². The summed E-state index contributed by atoms with van der Waals surface area (Å²) in [5, 5.41) is 5.51. The number of rotatable bonds is 7. The summed E-state index contributed by atoms with van der Waals surface area (Å²) in [5.41, 5.74) is 0.806. The molecule has 2 amide bonds. The number of hydrogen-bond acceptors (Lipinski definition) is 5. The molecule has 23 heavy (non-hydrogen) atoms. The molecule has 0 bridgehead atoms. The van der Waals surface area contributed by atoms with Gasteiger partial charge in [-0.3, -0.25) is 14.6 Å². The Kier molecular flexibility index (Phi) is 6.05. The molecule has 1 aromatic heterocycles. The first-order valence-electron chi connectivity index (χ1n) is 7.17. The molecule has 1 aromatic carbocycles. The van der Waals surface area contributed by atoms with Crippen LogP contribution in [0.1, 0.15) is 27.3 Å². The fraction of sp³-hybridized carbons (Fsp3) is 0.250. The lowest BCUT2D eigenvalue weighted by Crippen LogP contribution is -2.30. The molecule has 1 heterocycles. The molecular formula is C16H18N4O3. The topological polar surface area (TPSA) is 93.2 Å². The van der Waals surface area contributed by atoms with Gasteiger partial charge in [-0.15, -0.1) is 0 Å². The monoisotopic (exact) mass is 314 g/mol. The SMILES string of the molecule is COc1cccc(C(=O)NCCCNC(=O)c2cnccn2)c1. The zero-order valence-electron chi connectivity index (χ0n) is 12.8. The Morgan fingerprint density at radius 2 is 1.91 bits per heavy atom. The van der Waals surface area contributed by atoms with E-state index in [-0.39, 0.29) is 17.5 Å². The van der Waals surface area contributed by atoms with Crippen molar-refractivity contribution in [2.75, 3.05) is 20.2 Å². The van der Waals surface area contributed by atoms with Crippen molar-refractivity contribution in [3.63, 3.8) is 0 Å². The molecule has 0 aliphatic rings. The lowest BCUT2D eigenvalue weighted by molar-refractivity contribution is 0.0947. The fourth-order valence-corrected chi connectivity index (χ4v) is 1.87. The van der Waals surface area contributed by atoms with Gasteiger partial charge in [0.05, 0.1) is 13.3 Å².